The summed E-state index contributed by atoms with van der Waals surface area (Å²) >= 11 is 3.52. The Hall–Kier alpha value is -1.88. The second-order valence-corrected chi connectivity index (χ2v) is 7.30. The van der Waals surface area contributed by atoms with Gasteiger partial charge in [-0.25, -0.2) is 0 Å². The van der Waals surface area contributed by atoms with Gasteiger partial charge < -0.3 is 5.32 Å². The van der Waals surface area contributed by atoms with E-state index in [2.05, 4.69) is 52.3 Å². The Morgan fingerprint density at radius 1 is 1.28 bits per heavy atom. The molecule has 0 saturated heterocycles. The number of hydrogen-bond donors (Lipinski definition) is 1. The fraction of sp³-hybridized carbons (Fsp3) is 0.400. The third kappa shape index (κ3) is 5.56. The zero-order valence-corrected chi connectivity index (χ0v) is 16.9. The van der Waals surface area contributed by atoms with Crippen LogP contribution in [0.4, 0.5) is 0 Å². The zero-order chi connectivity index (χ0) is 18.4. The van der Waals surface area contributed by atoms with Crippen LogP contribution in [-0.4, -0.2) is 22.2 Å². The van der Waals surface area contributed by atoms with E-state index in [1.807, 2.05) is 36.7 Å². The number of nitrogens with zero attached hydrogens (tertiary/aromatic N) is 2. The molecule has 0 atom stereocenters. The van der Waals surface area contributed by atoms with Crippen molar-refractivity contribution in [2.75, 3.05) is 6.54 Å². The maximum absolute atomic E-state index is 11.9. The first kappa shape index (κ1) is 19.4. The average Bonchev–Trinajstić information content (AvgIpc) is 2.84. The van der Waals surface area contributed by atoms with E-state index in [-0.39, 0.29) is 5.91 Å². The molecule has 0 radical (unpaired) electrons. The van der Waals surface area contributed by atoms with Crippen LogP contribution in [0, 0.1) is 13.8 Å². The van der Waals surface area contributed by atoms with Crippen LogP contribution >= 0.6 is 15.9 Å². The quantitative estimate of drug-likeness (QED) is 0.541. The second kappa shape index (κ2) is 8.99. The van der Waals surface area contributed by atoms with Gasteiger partial charge in [-0.15, -0.1) is 0 Å². The minimum absolute atomic E-state index is 0.0671. The molecule has 0 bridgehead atoms. The molecule has 0 unspecified atom stereocenters. The Kier molecular flexibility index (Phi) is 7.00. The number of aryl methyl sites for hydroxylation is 2. The molecule has 4 nitrogen and oxygen atoms in total. The predicted octanol–water partition coefficient (Wildman–Crippen LogP) is 4.61. The number of aromatic nitrogens is 2. The van der Waals surface area contributed by atoms with Gasteiger partial charge in [0.05, 0.1) is 10.2 Å². The van der Waals surface area contributed by atoms with E-state index in [1.165, 1.54) is 5.56 Å². The molecule has 1 amide bonds. The minimum atomic E-state index is -0.0671. The van der Waals surface area contributed by atoms with E-state index < -0.39 is 0 Å². The summed E-state index contributed by atoms with van der Waals surface area (Å²) in [6.45, 7) is 9.78. The van der Waals surface area contributed by atoms with Crippen LogP contribution in [0.25, 0.3) is 6.08 Å². The normalized spacial score (nSPS) is 11.4. The van der Waals surface area contributed by atoms with Gasteiger partial charge in [-0.2, -0.15) is 5.10 Å². The van der Waals surface area contributed by atoms with Crippen molar-refractivity contribution >= 4 is 27.9 Å². The molecule has 0 fully saturated rings. The summed E-state index contributed by atoms with van der Waals surface area (Å²) < 4.78 is 3.03. The highest BCUT2D eigenvalue weighted by Crippen LogP contribution is 2.19. The Morgan fingerprint density at radius 3 is 2.52 bits per heavy atom. The molecule has 134 valence electrons. The molecule has 25 heavy (non-hydrogen) atoms. The van der Waals surface area contributed by atoms with Gasteiger partial charge in [-0.05, 0) is 59.3 Å². The van der Waals surface area contributed by atoms with Crippen LogP contribution in [0.5, 0.6) is 0 Å². The van der Waals surface area contributed by atoms with Crippen LogP contribution in [0.15, 0.2) is 34.8 Å². The topological polar surface area (TPSA) is 46.9 Å². The first-order valence-electron chi connectivity index (χ1n) is 8.64. The van der Waals surface area contributed by atoms with E-state index in [0.717, 1.165) is 34.4 Å². The number of halogens is 1. The van der Waals surface area contributed by atoms with Crippen molar-refractivity contribution in [3.63, 3.8) is 0 Å². The molecule has 1 N–H and O–H groups in total. The van der Waals surface area contributed by atoms with Crippen LogP contribution in [0.1, 0.15) is 48.7 Å². The predicted molar refractivity (Wildman–Crippen MR) is 107 cm³/mol. The smallest absolute Gasteiger partial charge is 0.244 e. The molecule has 1 aromatic heterocycles. The molecule has 0 aliphatic heterocycles. The first-order chi connectivity index (χ1) is 11.9. The minimum Gasteiger partial charge on any atom is -0.352 e. The van der Waals surface area contributed by atoms with Gasteiger partial charge in [0.15, 0.2) is 0 Å². The Bertz CT molecular complexity index is 745. The monoisotopic (exact) mass is 403 g/mol. The van der Waals surface area contributed by atoms with Crippen molar-refractivity contribution in [3.05, 3.63) is 57.3 Å². The van der Waals surface area contributed by atoms with Gasteiger partial charge in [0.2, 0.25) is 5.91 Å². The maximum atomic E-state index is 11.9. The number of nitrogens with one attached hydrogen (secondary N) is 1. The van der Waals surface area contributed by atoms with Gasteiger partial charge in [0.1, 0.15) is 0 Å². The highest BCUT2D eigenvalue weighted by atomic mass is 79.9. The number of amides is 1. The van der Waals surface area contributed by atoms with Crippen molar-refractivity contribution in [2.45, 2.75) is 46.6 Å². The molecule has 2 rings (SSSR count). The fourth-order valence-corrected chi connectivity index (χ4v) is 2.84. The van der Waals surface area contributed by atoms with Gasteiger partial charge in [0.25, 0.3) is 0 Å². The molecular weight excluding hydrogens is 378 g/mol. The summed E-state index contributed by atoms with van der Waals surface area (Å²) in [6, 6.07) is 8.29. The van der Waals surface area contributed by atoms with Gasteiger partial charge in [-0.1, -0.05) is 38.1 Å². The van der Waals surface area contributed by atoms with Crippen LogP contribution < -0.4 is 5.32 Å². The lowest BCUT2D eigenvalue weighted by Crippen LogP contribution is -2.23. The van der Waals surface area contributed by atoms with E-state index in [0.29, 0.717) is 12.5 Å². The number of carbonyl (C=O) groups is 1. The summed E-state index contributed by atoms with van der Waals surface area (Å²) in [6.07, 6.45) is 4.28. The van der Waals surface area contributed by atoms with Gasteiger partial charge in [0, 0.05) is 24.9 Å². The van der Waals surface area contributed by atoms with Crippen molar-refractivity contribution in [1.82, 2.24) is 15.1 Å². The van der Waals surface area contributed by atoms with Gasteiger partial charge in [-0.3, -0.25) is 9.48 Å². The first-order valence-corrected chi connectivity index (χ1v) is 9.43. The zero-order valence-electron chi connectivity index (χ0n) is 15.3. The fourth-order valence-electron chi connectivity index (χ4n) is 2.56. The highest BCUT2D eigenvalue weighted by Gasteiger charge is 2.07. The summed E-state index contributed by atoms with van der Waals surface area (Å²) in [5.74, 6) is 0.451. The van der Waals surface area contributed by atoms with E-state index in [9.17, 15) is 4.79 Å². The third-order valence-corrected chi connectivity index (χ3v) is 5.32. The molecule has 1 aromatic carbocycles. The summed E-state index contributed by atoms with van der Waals surface area (Å²) in [4.78, 5) is 11.9. The molecule has 5 heteroatoms. The SMILES string of the molecule is Cc1nn(CCCNC(=O)/C=C/c2ccc(C(C)C)cc2)c(C)c1Br. The Morgan fingerprint density at radius 2 is 1.96 bits per heavy atom. The van der Waals surface area contributed by atoms with Crippen molar-refractivity contribution in [2.24, 2.45) is 0 Å². The number of hydrogen-bond acceptors (Lipinski definition) is 2. The number of rotatable bonds is 7. The summed E-state index contributed by atoms with van der Waals surface area (Å²) in [7, 11) is 0. The lowest BCUT2D eigenvalue weighted by atomic mass is 10.0. The van der Waals surface area contributed by atoms with Crippen molar-refractivity contribution in [3.8, 4) is 0 Å². The van der Waals surface area contributed by atoms with E-state index in [4.69, 9.17) is 0 Å². The second-order valence-electron chi connectivity index (χ2n) is 6.51. The van der Waals surface area contributed by atoms with Crippen molar-refractivity contribution < 1.29 is 4.79 Å². The van der Waals surface area contributed by atoms with Crippen molar-refractivity contribution in [1.29, 1.82) is 0 Å². The summed E-state index contributed by atoms with van der Waals surface area (Å²) in [5, 5.41) is 7.38. The maximum Gasteiger partial charge on any atom is 0.244 e. The summed E-state index contributed by atoms with van der Waals surface area (Å²) in [5.41, 5.74) is 4.45. The Labute approximate surface area is 158 Å². The standard InChI is InChI=1S/C20H26BrN3O/c1-14(2)18-9-6-17(7-10-18)8-11-19(25)22-12-5-13-24-16(4)20(21)15(3)23-24/h6-11,14H,5,12-13H2,1-4H3,(H,22,25)/b11-8+. The number of carbonyl (C=O) groups excluding carboxylic acids is 1. The molecule has 0 aliphatic carbocycles. The van der Waals surface area contributed by atoms with E-state index in [1.54, 1.807) is 6.08 Å². The van der Waals surface area contributed by atoms with Crippen LogP contribution in [-0.2, 0) is 11.3 Å². The average molecular weight is 404 g/mol. The lowest BCUT2D eigenvalue weighted by Gasteiger charge is -2.06. The lowest BCUT2D eigenvalue weighted by molar-refractivity contribution is -0.116. The van der Waals surface area contributed by atoms with Crippen LogP contribution in [0.3, 0.4) is 0 Å². The molecule has 0 spiro atoms. The molecule has 0 saturated carbocycles. The molecular formula is C20H26BrN3O. The largest absolute Gasteiger partial charge is 0.352 e. The van der Waals surface area contributed by atoms with Gasteiger partial charge >= 0.3 is 0 Å². The third-order valence-electron chi connectivity index (χ3n) is 4.17. The molecule has 1 heterocycles. The Balaban J connectivity index is 1.75. The highest BCUT2D eigenvalue weighted by molar-refractivity contribution is 9.10. The number of benzene rings is 1. The van der Waals surface area contributed by atoms with Crippen LogP contribution in [0.2, 0.25) is 0 Å². The van der Waals surface area contributed by atoms with E-state index >= 15 is 0 Å². The molecule has 0 aliphatic rings. The molecule has 2 aromatic rings.